The Bertz CT molecular complexity index is 623. The topological polar surface area (TPSA) is 0 Å². The molecule has 0 saturated heterocycles. The summed E-state index contributed by atoms with van der Waals surface area (Å²) in [4.78, 5) is 0. The molecule has 0 bridgehead atoms. The Labute approximate surface area is 175 Å². The molecule has 2 saturated carbocycles. The van der Waals surface area contributed by atoms with Gasteiger partial charge in [-0.1, -0.05) is 50.7 Å². The second-order valence-electron chi connectivity index (χ2n) is 9.42. The number of benzene rings is 1. The van der Waals surface area contributed by atoms with Crippen LogP contribution in [0.3, 0.4) is 0 Å². The molecule has 0 aromatic heterocycles. The van der Waals surface area contributed by atoms with Gasteiger partial charge < -0.3 is 0 Å². The van der Waals surface area contributed by atoms with Crippen molar-refractivity contribution in [2.45, 2.75) is 95.8 Å². The molecule has 2 aliphatic rings. The largest absolute Gasteiger partial charge is 0.216 e. The highest BCUT2D eigenvalue weighted by Crippen LogP contribution is 2.44. The molecule has 1 aromatic rings. The highest BCUT2D eigenvalue weighted by Gasteiger charge is 2.31. The fourth-order valence-corrected chi connectivity index (χ4v) is 5.75. The van der Waals surface area contributed by atoms with Gasteiger partial charge in [-0.05, 0) is 92.7 Å². The lowest BCUT2D eigenvalue weighted by molar-refractivity contribution is 0.155. The standard InChI is InChI=1S/C26H37F3/c27-18-6-4-2-1-3-5-7-20-8-10-21(11-9-20)22-12-14-23(15-13-22)24-16-17-25(28)26(29)19-24/h6,16-23H,1-5,7-15H2. The van der Waals surface area contributed by atoms with Crippen molar-refractivity contribution in [1.82, 2.24) is 0 Å². The van der Waals surface area contributed by atoms with Gasteiger partial charge in [-0.2, -0.15) is 0 Å². The minimum atomic E-state index is -0.742. The number of rotatable bonds is 9. The Balaban J connectivity index is 1.31. The van der Waals surface area contributed by atoms with Gasteiger partial charge in [-0.25, -0.2) is 13.2 Å². The van der Waals surface area contributed by atoms with E-state index in [-0.39, 0.29) is 0 Å². The van der Waals surface area contributed by atoms with E-state index in [4.69, 9.17) is 0 Å². The summed E-state index contributed by atoms with van der Waals surface area (Å²) >= 11 is 0. The van der Waals surface area contributed by atoms with Crippen LogP contribution < -0.4 is 0 Å². The first-order valence-corrected chi connectivity index (χ1v) is 11.9. The minimum Gasteiger partial charge on any atom is -0.216 e. The number of halogens is 3. The van der Waals surface area contributed by atoms with E-state index in [0.717, 1.165) is 49.0 Å². The number of allylic oxidation sites excluding steroid dienone is 1. The minimum absolute atomic E-state index is 0.401. The second-order valence-corrected chi connectivity index (χ2v) is 9.42. The summed E-state index contributed by atoms with van der Waals surface area (Å²) in [5, 5.41) is 0. The lowest BCUT2D eigenvalue weighted by Crippen LogP contribution is -2.25. The van der Waals surface area contributed by atoms with Crippen molar-refractivity contribution in [2.24, 2.45) is 17.8 Å². The molecule has 0 unspecified atom stereocenters. The van der Waals surface area contributed by atoms with Crippen molar-refractivity contribution >= 4 is 0 Å². The third-order valence-corrected chi connectivity index (χ3v) is 7.57. The quantitative estimate of drug-likeness (QED) is 0.359. The second kappa shape index (κ2) is 11.8. The lowest BCUT2D eigenvalue weighted by atomic mass is 9.68. The van der Waals surface area contributed by atoms with Crippen molar-refractivity contribution in [2.75, 3.05) is 0 Å². The van der Waals surface area contributed by atoms with Crippen LogP contribution in [0.1, 0.15) is 101 Å². The smallest absolute Gasteiger partial charge is 0.159 e. The summed E-state index contributed by atoms with van der Waals surface area (Å²) in [6, 6.07) is 4.45. The van der Waals surface area contributed by atoms with Crippen LogP contribution in [0, 0.1) is 29.4 Å². The van der Waals surface area contributed by atoms with Gasteiger partial charge in [0, 0.05) is 0 Å². The van der Waals surface area contributed by atoms with Gasteiger partial charge in [-0.15, -0.1) is 0 Å². The van der Waals surface area contributed by atoms with Crippen molar-refractivity contribution < 1.29 is 13.2 Å². The van der Waals surface area contributed by atoms with Crippen molar-refractivity contribution in [3.05, 3.63) is 47.8 Å². The Morgan fingerprint density at radius 3 is 2.07 bits per heavy atom. The van der Waals surface area contributed by atoms with Gasteiger partial charge in [0.15, 0.2) is 11.6 Å². The average molecular weight is 407 g/mol. The first-order valence-electron chi connectivity index (χ1n) is 11.9. The van der Waals surface area contributed by atoms with Gasteiger partial charge in [0.2, 0.25) is 0 Å². The maximum Gasteiger partial charge on any atom is 0.159 e. The van der Waals surface area contributed by atoms with Crippen LogP contribution in [-0.2, 0) is 0 Å². The van der Waals surface area contributed by atoms with Gasteiger partial charge in [0.25, 0.3) is 0 Å². The van der Waals surface area contributed by atoms with Crippen LogP contribution in [0.4, 0.5) is 13.2 Å². The van der Waals surface area contributed by atoms with Gasteiger partial charge >= 0.3 is 0 Å². The molecule has 0 atom stereocenters. The summed E-state index contributed by atoms with van der Waals surface area (Å²) in [5.41, 5.74) is 0.978. The van der Waals surface area contributed by atoms with Crippen molar-refractivity contribution in [1.29, 1.82) is 0 Å². The maximum atomic E-state index is 13.5. The summed E-state index contributed by atoms with van der Waals surface area (Å²) in [6.45, 7) is 0. The molecule has 0 radical (unpaired) electrons. The third kappa shape index (κ3) is 6.89. The third-order valence-electron chi connectivity index (χ3n) is 7.57. The van der Waals surface area contributed by atoms with E-state index in [0.29, 0.717) is 12.2 Å². The summed E-state index contributed by atoms with van der Waals surface area (Å²) < 4.78 is 38.6. The Morgan fingerprint density at radius 1 is 0.759 bits per heavy atom. The predicted octanol–water partition coefficient (Wildman–Crippen LogP) is 8.87. The summed E-state index contributed by atoms with van der Waals surface area (Å²) in [5.74, 6) is 1.58. The van der Waals surface area contributed by atoms with E-state index >= 15 is 0 Å². The zero-order valence-electron chi connectivity index (χ0n) is 17.7. The first-order chi connectivity index (χ1) is 14.2. The Hall–Kier alpha value is -1.25. The summed E-state index contributed by atoms with van der Waals surface area (Å²) in [7, 11) is 0. The van der Waals surface area contributed by atoms with E-state index in [2.05, 4.69) is 0 Å². The van der Waals surface area contributed by atoms with E-state index in [1.807, 2.05) is 0 Å². The molecular weight excluding hydrogens is 369 g/mol. The molecule has 2 aliphatic carbocycles. The number of unbranched alkanes of at least 4 members (excludes halogenated alkanes) is 4. The van der Waals surface area contributed by atoms with Crippen LogP contribution in [0.2, 0.25) is 0 Å². The fraction of sp³-hybridized carbons (Fsp3) is 0.692. The molecule has 0 aliphatic heterocycles. The van der Waals surface area contributed by atoms with E-state index in [1.54, 1.807) is 12.1 Å². The molecule has 0 N–H and O–H groups in total. The van der Waals surface area contributed by atoms with Gasteiger partial charge in [0.05, 0.1) is 6.33 Å². The highest BCUT2D eigenvalue weighted by atomic mass is 19.2. The SMILES string of the molecule is FC=CCCCCCCC1CCC(C2CCC(c3ccc(F)c(F)c3)CC2)CC1. The number of hydrogen-bond donors (Lipinski definition) is 0. The molecule has 29 heavy (non-hydrogen) atoms. The lowest BCUT2D eigenvalue weighted by Gasteiger charge is -2.38. The zero-order valence-corrected chi connectivity index (χ0v) is 17.7. The molecule has 162 valence electrons. The molecule has 3 heteroatoms. The van der Waals surface area contributed by atoms with E-state index in [1.165, 1.54) is 76.3 Å². The Morgan fingerprint density at radius 2 is 1.41 bits per heavy atom. The summed E-state index contributed by atoms with van der Waals surface area (Å²) in [6.07, 6.45) is 19.7. The zero-order chi connectivity index (χ0) is 20.5. The highest BCUT2D eigenvalue weighted by molar-refractivity contribution is 5.22. The Kier molecular flexibility index (Phi) is 9.14. The van der Waals surface area contributed by atoms with Crippen molar-refractivity contribution in [3.8, 4) is 0 Å². The van der Waals surface area contributed by atoms with Crippen LogP contribution >= 0.6 is 0 Å². The maximum absolute atomic E-state index is 13.5. The monoisotopic (exact) mass is 406 g/mol. The molecule has 0 spiro atoms. The van der Waals surface area contributed by atoms with E-state index < -0.39 is 11.6 Å². The van der Waals surface area contributed by atoms with Crippen LogP contribution in [0.5, 0.6) is 0 Å². The van der Waals surface area contributed by atoms with Crippen LogP contribution in [0.25, 0.3) is 0 Å². The van der Waals surface area contributed by atoms with Crippen LogP contribution in [0.15, 0.2) is 30.6 Å². The molecule has 0 amide bonds. The molecule has 0 nitrogen and oxygen atoms in total. The number of hydrogen-bond acceptors (Lipinski definition) is 0. The van der Waals surface area contributed by atoms with Gasteiger partial charge in [-0.3, -0.25) is 0 Å². The molecular formula is C26H37F3. The predicted molar refractivity (Wildman–Crippen MR) is 114 cm³/mol. The molecule has 1 aromatic carbocycles. The molecule has 0 heterocycles. The fourth-order valence-electron chi connectivity index (χ4n) is 5.75. The van der Waals surface area contributed by atoms with E-state index in [9.17, 15) is 13.2 Å². The average Bonchev–Trinajstić information content (AvgIpc) is 2.76. The van der Waals surface area contributed by atoms with Crippen molar-refractivity contribution in [3.63, 3.8) is 0 Å². The van der Waals surface area contributed by atoms with Crippen LogP contribution in [-0.4, -0.2) is 0 Å². The first kappa shape index (κ1) is 22.4. The normalized spacial score (nSPS) is 28.1. The molecule has 3 rings (SSSR count). The van der Waals surface area contributed by atoms with Gasteiger partial charge in [0.1, 0.15) is 0 Å². The molecule has 2 fully saturated rings.